The summed E-state index contributed by atoms with van der Waals surface area (Å²) in [5, 5.41) is 9.59. The molecule has 2 rings (SSSR count). The van der Waals surface area contributed by atoms with Gasteiger partial charge >= 0.3 is 0 Å². The van der Waals surface area contributed by atoms with Gasteiger partial charge in [-0.1, -0.05) is 33.8 Å². The number of hydrogen-bond acceptors (Lipinski definition) is 4. The lowest BCUT2D eigenvalue weighted by atomic mass is 9.96. The molecule has 0 saturated heterocycles. The molecule has 2 aromatic heterocycles. The molecule has 0 aliphatic rings. The summed E-state index contributed by atoms with van der Waals surface area (Å²) in [6, 6.07) is 3.91. The maximum atomic E-state index is 12.1. The van der Waals surface area contributed by atoms with Gasteiger partial charge in [0.2, 0.25) is 5.82 Å². The summed E-state index contributed by atoms with van der Waals surface area (Å²) in [5.74, 6) is 0.558. The van der Waals surface area contributed by atoms with Gasteiger partial charge in [0.15, 0.2) is 0 Å². The number of H-pyrrole nitrogens is 1. The highest BCUT2D eigenvalue weighted by molar-refractivity contribution is 5.90. The van der Waals surface area contributed by atoms with Crippen LogP contribution in [0.15, 0.2) is 18.3 Å². The molecular formula is C15H21N5O. The van der Waals surface area contributed by atoms with Gasteiger partial charge in [-0.25, -0.2) is 4.98 Å². The first kappa shape index (κ1) is 15.2. The molecule has 2 aromatic rings. The van der Waals surface area contributed by atoms with Crippen LogP contribution in [-0.2, 0) is 18.4 Å². The predicted molar refractivity (Wildman–Crippen MR) is 79.9 cm³/mol. The highest BCUT2D eigenvalue weighted by Crippen LogP contribution is 2.17. The average Bonchev–Trinajstić information content (AvgIpc) is 2.95. The molecule has 2 heterocycles. The van der Waals surface area contributed by atoms with Crippen LogP contribution in [0.1, 0.15) is 55.4 Å². The van der Waals surface area contributed by atoms with Crippen LogP contribution in [0.25, 0.3) is 0 Å². The molecule has 0 aliphatic carbocycles. The Kier molecular flexibility index (Phi) is 4.35. The van der Waals surface area contributed by atoms with Crippen LogP contribution in [0.2, 0.25) is 0 Å². The molecule has 0 saturated carbocycles. The van der Waals surface area contributed by atoms with Crippen molar-refractivity contribution >= 4 is 5.91 Å². The number of aryl methyl sites for hydroxylation is 1. The maximum absolute atomic E-state index is 12.1. The van der Waals surface area contributed by atoms with Gasteiger partial charge in [-0.05, 0) is 18.1 Å². The van der Waals surface area contributed by atoms with Gasteiger partial charge in [-0.2, -0.15) is 0 Å². The monoisotopic (exact) mass is 287 g/mol. The van der Waals surface area contributed by atoms with Gasteiger partial charge < -0.3 is 5.32 Å². The molecule has 1 amide bonds. The number of carbonyl (C=O) groups is 1. The molecule has 112 valence electrons. The summed E-state index contributed by atoms with van der Waals surface area (Å²) >= 11 is 0. The number of carbonyl (C=O) groups excluding carboxylic acids is 1. The van der Waals surface area contributed by atoms with Crippen LogP contribution < -0.4 is 5.32 Å². The number of rotatable bonds is 4. The Morgan fingerprint density at radius 2 is 2.14 bits per heavy atom. The number of nitrogens with one attached hydrogen (secondary N) is 2. The zero-order valence-electron chi connectivity index (χ0n) is 12.9. The van der Waals surface area contributed by atoms with E-state index in [0.717, 1.165) is 17.7 Å². The van der Waals surface area contributed by atoms with Gasteiger partial charge in [-0.3, -0.25) is 14.9 Å². The minimum absolute atomic E-state index is 0.161. The summed E-state index contributed by atoms with van der Waals surface area (Å²) in [6.45, 7) is 8.47. The normalized spacial score (nSPS) is 11.4. The third-order valence-corrected chi connectivity index (χ3v) is 3.18. The van der Waals surface area contributed by atoms with Crippen LogP contribution in [-0.4, -0.2) is 26.1 Å². The van der Waals surface area contributed by atoms with Crippen molar-refractivity contribution in [2.45, 2.75) is 46.1 Å². The van der Waals surface area contributed by atoms with Gasteiger partial charge in [0.05, 0.1) is 12.2 Å². The lowest BCUT2D eigenvalue weighted by Crippen LogP contribution is -2.25. The van der Waals surface area contributed by atoms with Gasteiger partial charge in [0.1, 0.15) is 5.82 Å². The van der Waals surface area contributed by atoms with E-state index in [2.05, 4.69) is 32.4 Å². The predicted octanol–water partition coefficient (Wildman–Crippen LogP) is 1.99. The Bertz CT molecular complexity index is 627. The van der Waals surface area contributed by atoms with Crippen LogP contribution in [0.3, 0.4) is 0 Å². The first-order chi connectivity index (χ1) is 9.91. The molecule has 0 spiro atoms. The Morgan fingerprint density at radius 1 is 1.38 bits per heavy atom. The molecular weight excluding hydrogens is 266 g/mol. The van der Waals surface area contributed by atoms with Crippen molar-refractivity contribution in [1.82, 2.24) is 25.5 Å². The molecule has 0 bridgehead atoms. The second-order valence-corrected chi connectivity index (χ2v) is 5.90. The summed E-state index contributed by atoms with van der Waals surface area (Å²) < 4.78 is 0. The van der Waals surface area contributed by atoms with Crippen molar-refractivity contribution in [3.8, 4) is 0 Å². The summed E-state index contributed by atoms with van der Waals surface area (Å²) in [7, 11) is 0. The van der Waals surface area contributed by atoms with Crippen LogP contribution >= 0.6 is 0 Å². The fraction of sp³-hybridized carbons (Fsp3) is 0.467. The van der Waals surface area contributed by atoms with Crippen molar-refractivity contribution in [2.75, 3.05) is 0 Å². The number of hydrogen-bond donors (Lipinski definition) is 2. The first-order valence-electron chi connectivity index (χ1n) is 7.05. The van der Waals surface area contributed by atoms with Gasteiger partial charge in [-0.15, -0.1) is 5.10 Å². The highest BCUT2D eigenvalue weighted by atomic mass is 16.2. The Balaban J connectivity index is 2.03. The van der Waals surface area contributed by atoms with Crippen LogP contribution in [0.5, 0.6) is 0 Å². The molecule has 21 heavy (non-hydrogen) atoms. The van der Waals surface area contributed by atoms with E-state index < -0.39 is 0 Å². The second kappa shape index (κ2) is 6.03. The lowest BCUT2D eigenvalue weighted by Gasteiger charge is -2.12. The maximum Gasteiger partial charge on any atom is 0.291 e. The number of aromatic nitrogens is 4. The standard InChI is InChI=1S/C15H21N5O/c1-5-10-7-6-8-16-11(10)9-17-13(21)12-18-14(20-19-12)15(2,3)4/h6-8H,5,9H2,1-4H3,(H,17,21)(H,18,19,20). The molecule has 0 unspecified atom stereocenters. The number of pyridine rings is 1. The summed E-state index contributed by atoms with van der Waals surface area (Å²) in [5.41, 5.74) is 1.84. The quantitative estimate of drug-likeness (QED) is 0.900. The molecule has 6 heteroatoms. The van der Waals surface area contributed by atoms with E-state index in [1.807, 2.05) is 32.9 Å². The van der Waals surface area contributed by atoms with E-state index in [9.17, 15) is 4.79 Å². The molecule has 0 aromatic carbocycles. The minimum atomic E-state index is -0.297. The topological polar surface area (TPSA) is 83.6 Å². The Morgan fingerprint density at radius 3 is 2.76 bits per heavy atom. The Hall–Kier alpha value is -2.24. The van der Waals surface area contributed by atoms with E-state index in [4.69, 9.17) is 0 Å². The van der Waals surface area contributed by atoms with Crippen molar-refractivity contribution in [2.24, 2.45) is 0 Å². The van der Waals surface area contributed by atoms with Crippen molar-refractivity contribution in [1.29, 1.82) is 0 Å². The summed E-state index contributed by atoms with van der Waals surface area (Å²) in [4.78, 5) is 20.6. The van der Waals surface area contributed by atoms with Crippen molar-refractivity contribution < 1.29 is 4.79 Å². The fourth-order valence-corrected chi connectivity index (χ4v) is 1.89. The molecule has 2 N–H and O–H groups in total. The highest BCUT2D eigenvalue weighted by Gasteiger charge is 2.21. The average molecular weight is 287 g/mol. The van der Waals surface area contributed by atoms with Gasteiger partial charge in [0.25, 0.3) is 5.91 Å². The van der Waals surface area contributed by atoms with E-state index in [1.54, 1.807) is 6.20 Å². The zero-order chi connectivity index (χ0) is 15.5. The Labute approximate surface area is 124 Å². The van der Waals surface area contributed by atoms with Crippen LogP contribution in [0.4, 0.5) is 0 Å². The van der Waals surface area contributed by atoms with E-state index >= 15 is 0 Å². The van der Waals surface area contributed by atoms with Crippen molar-refractivity contribution in [3.63, 3.8) is 0 Å². The molecule has 0 radical (unpaired) electrons. The molecule has 0 aliphatic heterocycles. The van der Waals surface area contributed by atoms with Gasteiger partial charge in [0, 0.05) is 11.6 Å². The number of amides is 1. The first-order valence-corrected chi connectivity index (χ1v) is 7.05. The lowest BCUT2D eigenvalue weighted by molar-refractivity contribution is 0.0940. The minimum Gasteiger partial charge on any atom is -0.344 e. The SMILES string of the molecule is CCc1cccnc1CNC(=O)c1n[nH]c(C(C)(C)C)n1. The van der Waals surface area contributed by atoms with E-state index in [0.29, 0.717) is 12.4 Å². The van der Waals surface area contributed by atoms with E-state index in [-0.39, 0.29) is 17.1 Å². The van der Waals surface area contributed by atoms with Crippen molar-refractivity contribution in [3.05, 3.63) is 41.2 Å². The third kappa shape index (κ3) is 3.65. The summed E-state index contributed by atoms with van der Waals surface area (Å²) in [6.07, 6.45) is 2.61. The smallest absolute Gasteiger partial charge is 0.291 e. The number of nitrogens with zero attached hydrogens (tertiary/aromatic N) is 3. The molecule has 6 nitrogen and oxygen atoms in total. The molecule has 0 atom stereocenters. The van der Waals surface area contributed by atoms with Crippen LogP contribution in [0, 0.1) is 0 Å². The fourth-order valence-electron chi connectivity index (χ4n) is 1.89. The number of aromatic amines is 1. The zero-order valence-corrected chi connectivity index (χ0v) is 12.9. The second-order valence-electron chi connectivity index (χ2n) is 5.90. The largest absolute Gasteiger partial charge is 0.344 e. The molecule has 0 fully saturated rings. The van der Waals surface area contributed by atoms with E-state index in [1.165, 1.54) is 0 Å². The third-order valence-electron chi connectivity index (χ3n) is 3.18.